The van der Waals surface area contributed by atoms with E-state index in [1.54, 1.807) is 66.9 Å². The Morgan fingerprint density at radius 1 is 0.510 bits per heavy atom. The number of phenols is 1. The van der Waals surface area contributed by atoms with E-state index in [1.807, 2.05) is 56.3 Å². The third-order valence-corrected chi connectivity index (χ3v) is 16.5. The summed E-state index contributed by atoms with van der Waals surface area (Å²) in [6.07, 6.45) is 13.4. The van der Waals surface area contributed by atoms with E-state index in [0.29, 0.717) is 53.2 Å². The Morgan fingerprint density at radius 3 is 1.65 bits per heavy atom. The number of nitrogens with two attached hydrogens (primary N) is 1. The van der Waals surface area contributed by atoms with Crippen LogP contribution < -0.4 is 48.3 Å². The van der Waals surface area contributed by atoms with Crippen LogP contribution in [0, 0.1) is 5.92 Å². The van der Waals surface area contributed by atoms with Gasteiger partial charge in [0.2, 0.25) is 47.3 Å². The highest BCUT2D eigenvalue weighted by Crippen LogP contribution is 2.20. The molecule has 96 heavy (non-hydrogen) atoms. The van der Waals surface area contributed by atoms with Crippen LogP contribution in [-0.2, 0) is 64.0 Å². The Kier molecular flexibility index (Phi) is 31.7. The van der Waals surface area contributed by atoms with E-state index >= 15 is 4.79 Å². The lowest BCUT2D eigenvalue weighted by molar-refractivity contribution is -0.144. The standard InChI is InChI=1S/C72H93ClN12O11/c1-47(2)38-59(66(90)78-36-14-9-7-5-6-8-13-33-74)81-67(91)58(22-12-15-37-77-65(89)55-21-17-35-76-45-55)80-71(95)64(43-50-26-31-57(88)32-27-50)85(4)72(96)63(46-86)84-70(94)62(42-52-18-16-34-75-44-52)83-69(93)61(40-49-24-29-56(73)30-25-49)82-68(92)60(79-48(3)87)41-51-23-28-53-19-10-11-20-54(53)39-51/h10-11,16-21,23-32,34-35,39,44-45,47,58-64,86,88H,5-9,12-15,22,33,36-38,40-43,46,74H2,1-4H3,(H,77,89)(H,78,90)(H,79,87)(H,80,95)(H,81,91)(H,82,92)(H,83,93)(H,84,94)/t58-,59+,60-,61-,62-,63+,64+/m1/s1. The summed E-state index contributed by atoms with van der Waals surface area (Å²) in [5.74, 6) is -6.27. The van der Waals surface area contributed by atoms with Crippen LogP contribution in [0.15, 0.2) is 140 Å². The van der Waals surface area contributed by atoms with Crippen LogP contribution in [0.25, 0.3) is 10.8 Å². The Balaban J connectivity index is 1.24. The molecule has 0 bridgehead atoms. The van der Waals surface area contributed by atoms with Crippen LogP contribution in [0.5, 0.6) is 5.75 Å². The van der Waals surface area contributed by atoms with Crippen molar-refractivity contribution < 1.29 is 53.4 Å². The second-order valence-electron chi connectivity index (χ2n) is 24.5. The van der Waals surface area contributed by atoms with Gasteiger partial charge in [0.15, 0.2) is 0 Å². The fraction of sp³-hybridized carbons (Fsp3) is 0.431. The van der Waals surface area contributed by atoms with Gasteiger partial charge in [-0.25, -0.2) is 0 Å². The third kappa shape index (κ3) is 25.8. The zero-order valence-corrected chi connectivity index (χ0v) is 56.0. The van der Waals surface area contributed by atoms with E-state index in [0.717, 1.165) is 66.2 Å². The highest BCUT2D eigenvalue weighted by Gasteiger charge is 2.37. The Bertz CT molecular complexity index is 3480. The van der Waals surface area contributed by atoms with Crippen LogP contribution in [0.2, 0.25) is 5.02 Å². The second kappa shape index (κ2) is 40.2. The average molecular weight is 1340 g/mol. The van der Waals surface area contributed by atoms with Gasteiger partial charge >= 0.3 is 0 Å². The van der Waals surface area contributed by atoms with Gasteiger partial charge in [0.25, 0.3) is 5.91 Å². The van der Waals surface area contributed by atoms with Crippen molar-refractivity contribution in [3.8, 4) is 5.75 Å². The summed E-state index contributed by atoms with van der Waals surface area (Å²) in [5, 5.41) is 46.0. The number of aromatic nitrogens is 2. The molecule has 0 radical (unpaired) electrons. The minimum Gasteiger partial charge on any atom is -0.508 e. The number of hydrogen-bond donors (Lipinski definition) is 11. The van der Waals surface area contributed by atoms with Crippen molar-refractivity contribution in [2.75, 3.05) is 33.3 Å². The van der Waals surface area contributed by atoms with Gasteiger partial charge in [0.1, 0.15) is 48.0 Å². The molecule has 514 valence electrons. The predicted octanol–water partition coefficient (Wildman–Crippen LogP) is 5.46. The summed E-state index contributed by atoms with van der Waals surface area (Å²) in [6, 6.07) is 22.8. The number of rotatable bonds is 40. The molecule has 0 spiro atoms. The fourth-order valence-electron chi connectivity index (χ4n) is 11.0. The fourth-order valence-corrected chi connectivity index (χ4v) is 11.1. The number of aliphatic hydroxyl groups is 1. The number of amides is 9. The molecule has 12 N–H and O–H groups in total. The second-order valence-corrected chi connectivity index (χ2v) is 25.0. The van der Waals surface area contributed by atoms with Crippen LogP contribution in [0.4, 0.5) is 0 Å². The van der Waals surface area contributed by atoms with Crippen molar-refractivity contribution in [3.05, 3.63) is 173 Å². The maximum absolute atomic E-state index is 15.1. The van der Waals surface area contributed by atoms with Crippen LogP contribution in [-0.4, -0.2) is 154 Å². The summed E-state index contributed by atoms with van der Waals surface area (Å²) in [5.41, 5.74) is 8.25. The molecule has 7 atom stereocenters. The quantitative estimate of drug-likeness (QED) is 0.0213. The molecule has 0 aliphatic carbocycles. The normalized spacial score (nSPS) is 13.3. The summed E-state index contributed by atoms with van der Waals surface area (Å²) < 4.78 is 0. The lowest BCUT2D eigenvalue weighted by Crippen LogP contribution is -2.61. The molecule has 2 aromatic heterocycles. The van der Waals surface area contributed by atoms with Gasteiger partial charge in [-0.2, -0.15) is 0 Å². The molecule has 2 heterocycles. The Morgan fingerprint density at radius 2 is 1.03 bits per heavy atom. The summed E-state index contributed by atoms with van der Waals surface area (Å²) in [7, 11) is 1.29. The topological polar surface area (TPSA) is 345 Å². The minimum absolute atomic E-state index is 0.0238. The molecule has 9 amide bonds. The van der Waals surface area contributed by atoms with Gasteiger partial charge in [-0.05, 0) is 126 Å². The molecule has 0 aliphatic rings. The lowest BCUT2D eigenvalue weighted by Gasteiger charge is -2.32. The SMILES string of the molecule is CC(=O)N[C@H](Cc1ccc2ccccc2c1)C(=O)N[C@H](Cc1ccc(Cl)cc1)C(=O)N[C@H](Cc1cccnc1)C(=O)N[C@@H](CO)C(=O)N(C)[C@@H](Cc1ccc(O)cc1)C(=O)N[C@H](CCCCNC(=O)c1cccnc1)C(=O)N[C@@H](CC(C)C)C(=O)NCCCCCCCCCN. The van der Waals surface area contributed by atoms with E-state index in [1.165, 1.54) is 44.7 Å². The number of nitrogens with one attached hydrogen (secondary N) is 8. The van der Waals surface area contributed by atoms with Gasteiger partial charge in [-0.15, -0.1) is 0 Å². The highest BCUT2D eigenvalue weighted by atomic mass is 35.5. The molecule has 0 saturated heterocycles. The number of aliphatic hydroxyl groups excluding tert-OH is 1. The number of likely N-dealkylation sites (N-methyl/N-ethyl adjacent to an activating group) is 1. The largest absolute Gasteiger partial charge is 0.508 e. The first-order valence-electron chi connectivity index (χ1n) is 32.9. The lowest BCUT2D eigenvalue weighted by atomic mass is 9.99. The number of hydrogen-bond acceptors (Lipinski definition) is 14. The van der Waals surface area contributed by atoms with Crippen molar-refractivity contribution in [2.24, 2.45) is 11.7 Å². The predicted molar refractivity (Wildman–Crippen MR) is 368 cm³/mol. The molecular formula is C72H93ClN12O11. The molecule has 0 fully saturated rings. The van der Waals surface area contributed by atoms with E-state index in [4.69, 9.17) is 17.3 Å². The summed E-state index contributed by atoms with van der Waals surface area (Å²) in [4.78, 5) is 137. The van der Waals surface area contributed by atoms with Gasteiger partial charge in [-0.1, -0.05) is 130 Å². The van der Waals surface area contributed by atoms with Crippen LogP contribution in [0.1, 0.15) is 124 Å². The molecule has 0 unspecified atom stereocenters. The number of unbranched alkanes of at least 4 members (excludes halogenated alkanes) is 7. The monoisotopic (exact) mass is 1340 g/mol. The summed E-state index contributed by atoms with van der Waals surface area (Å²) >= 11 is 6.24. The first-order valence-corrected chi connectivity index (χ1v) is 33.3. The smallest absolute Gasteiger partial charge is 0.252 e. The number of fused-ring (bicyclic) bond motifs is 1. The molecule has 0 aliphatic heterocycles. The maximum Gasteiger partial charge on any atom is 0.252 e. The van der Waals surface area contributed by atoms with Gasteiger partial charge in [0.05, 0.1) is 12.2 Å². The van der Waals surface area contributed by atoms with Gasteiger partial charge < -0.3 is 63.4 Å². The molecule has 23 nitrogen and oxygen atoms in total. The molecule has 6 rings (SSSR count). The zero-order valence-electron chi connectivity index (χ0n) is 55.2. The highest BCUT2D eigenvalue weighted by molar-refractivity contribution is 6.30. The van der Waals surface area contributed by atoms with E-state index < -0.39 is 90.3 Å². The zero-order chi connectivity index (χ0) is 69.4. The Labute approximate surface area is 566 Å². The number of aromatic hydroxyl groups is 1. The molecule has 24 heteroatoms. The van der Waals surface area contributed by atoms with Crippen molar-refractivity contribution in [3.63, 3.8) is 0 Å². The van der Waals surface area contributed by atoms with Crippen LogP contribution >= 0.6 is 11.6 Å². The van der Waals surface area contributed by atoms with Crippen molar-refractivity contribution in [2.45, 2.75) is 159 Å². The molecular weight excluding hydrogens is 1240 g/mol. The maximum atomic E-state index is 15.1. The van der Waals surface area contributed by atoms with Crippen molar-refractivity contribution in [1.29, 1.82) is 0 Å². The van der Waals surface area contributed by atoms with Gasteiger partial charge in [0, 0.05) is 82.6 Å². The summed E-state index contributed by atoms with van der Waals surface area (Å²) in [6.45, 7) is 5.38. The number of benzene rings is 4. The average Bonchev–Trinajstić information content (AvgIpc) is 0.881. The van der Waals surface area contributed by atoms with E-state index in [-0.39, 0.29) is 68.6 Å². The van der Waals surface area contributed by atoms with Gasteiger partial charge in [-0.3, -0.25) is 53.1 Å². The number of phenolic OH excluding ortho intramolecular Hbond substituents is 1. The number of nitrogens with zero attached hydrogens (tertiary/aromatic N) is 3. The van der Waals surface area contributed by atoms with E-state index in [2.05, 4.69) is 52.5 Å². The minimum atomic E-state index is -1.75. The van der Waals surface area contributed by atoms with E-state index in [9.17, 15) is 48.6 Å². The first-order chi connectivity index (χ1) is 46.2. The van der Waals surface area contributed by atoms with Crippen LogP contribution in [0.3, 0.4) is 0 Å². The third-order valence-electron chi connectivity index (χ3n) is 16.3. The number of pyridine rings is 2. The number of carbonyl (C=O) groups is 9. The van der Waals surface area contributed by atoms with Crippen molar-refractivity contribution in [1.82, 2.24) is 57.4 Å². The number of carbonyl (C=O) groups excluding carboxylic acids is 9. The Hall–Kier alpha value is -9.32. The first kappa shape index (κ1) is 75.7. The molecule has 0 saturated carbocycles. The van der Waals surface area contributed by atoms with Crippen molar-refractivity contribution >= 4 is 75.5 Å². The molecule has 6 aromatic rings. The molecule has 4 aromatic carbocycles. The number of halogens is 1.